The zero-order valence-corrected chi connectivity index (χ0v) is 9.16. The van der Waals surface area contributed by atoms with Gasteiger partial charge in [-0.15, -0.1) is 0 Å². The van der Waals surface area contributed by atoms with Gasteiger partial charge in [-0.1, -0.05) is 0 Å². The molecule has 0 radical (unpaired) electrons. The predicted octanol–water partition coefficient (Wildman–Crippen LogP) is -3.63. The van der Waals surface area contributed by atoms with Crippen molar-refractivity contribution in [1.29, 1.82) is 0 Å². The summed E-state index contributed by atoms with van der Waals surface area (Å²) in [6.45, 7) is -0.606. The second kappa shape index (κ2) is 10.0. The van der Waals surface area contributed by atoms with E-state index in [1.54, 1.807) is 0 Å². The molecule has 5 heteroatoms. The van der Waals surface area contributed by atoms with Gasteiger partial charge >= 0.3 is 57.4 Å². The SMILES string of the molecule is O=C(CCCO)OCO.[H-].[K+]. The normalized spacial score (nSPS) is 8.20. The van der Waals surface area contributed by atoms with Crippen molar-refractivity contribution in [2.24, 2.45) is 0 Å². The summed E-state index contributed by atoms with van der Waals surface area (Å²) in [7, 11) is 0. The molecule has 0 aromatic rings. The maximum absolute atomic E-state index is 10.3. The Morgan fingerprint density at radius 3 is 2.50 bits per heavy atom. The summed E-state index contributed by atoms with van der Waals surface area (Å²) < 4.78 is 4.15. The van der Waals surface area contributed by atoms with Crippen molar-refractivity contribution in [3.05, 3.63) is 0 Å². The molecular formula is C5H11KO4. The molecule has 0 aromatic carbocycles. The zero-order chi connectivity index (χ0) is 7.11. The molecule has 0 aliphatic heterocycles. The van der Waals surface area contributed by atoms with Crippen LogP contribution in [0.2, 0.25) is 0 Å². The number of hydrogen-bond donors (Lipinski definition) is 2. The van der Waals surface area contributed by atoms with E-state index in [-0.39, 0.29) is 65.8 Å². The van der Waals surface area contributed by atoms with Crippen LogP contribution in [0.25, 0.3) is 0 Å². The van der Waals surface area contributed by atoms with E-state index in [0.29, 0.717) is 6.42 Å². The number of ether oxygens (including phenoxy) is 1. The summed E-state index contributed by atoms with van der Waals surface area (Å²) in [4.78, 5) is 10.3. The van der Waals surface area contributed by atoms with Crippen LogP contribution in [-0.4, -0.2) is 29.6 Å². The summed E-state index contributed by atoms with van der Waals surface area (Å²) in [6.07, 6.45) is 0.551. The van der Waals surface area contributed by atoms with Gasteiger partial charge in [-0.25, -0.2) is 0 Å². The van der Waals surface area contributed by atoms with Crippen molar-refractivity contribution in [3.8, 4) is 0 Å². The molecule has 0 bridgehead atoms. The van der Waals surface area contributed by atoms with Crippen molar-refractivity contribution in [1.82, 2.24) is 0 Å². The van der Waals surface area contributed by atoms with Crippen molar-refractivity contribution in [2.75, 3.05) is 13.4 Å². The minimum Gasteiger partial charge on any atom is -1.00 e. The van der Waals surface area contributed by atoms with Gasteiger partial charge in [0.15, 0.2) is 6.79 Å². The van der Waals surface area contributed by atoms with E-state index in [1.807, 2.05) is 0 Å². The standard InChI is InChI=1S/C5H10O4.K.H/c6-3-1-2-5(8)9-4-7;;/h6-7H,1-4H2;;/q;+1;-1. The Morgan fingerprint density at radius 1 is 1.50 bits per heavy atom. The Balaban J connectivity index is -0.000000320. The smallest absolute Gasteiger partial charge is 1.00 e. The summed E-state index contributed by atoms with van der Waals surface area (Å²) in [5, 5.41) is 16.2. The Bertz CT molecular complexity index is 90.6. The van der Waals surface area contributed by atoms with E-state index >= 15 is 0 Å². The minimum atomic E-state index is -0.579. The van der Waals surface area contributed by atoms with Gasteiger partial charge in [-0.05, 0) is 6.42 Å². The molecule has 56 valence electrons. The molecule has 0 saturated carbocycles. The van der Waals surface area contributed by atoms with Gasteiger partial charge in [0, 0.05) is 13.0 Å². The summed E-state index contributed by atoms with van der Waals surface area (Å²) in [6, 6.07) is 0. The quantitative estimate of drug-likeness (QED) is 0.262. The van der Waals surface area contributed by atoms with Gasteiger partial charge in [-0.3, -0.25) is 4.79 Å². The van der Waals surface area contributed by atoms with Crippen LogP contribution in [-0.2, 0) is 9.53 Å². The fourth-order valence-corrected chi connectivity index (χ4v) is 0.368. The van der Waals surface area contributed by atoms with E-state index in [0.717, 1.165) is 0 Å². The van der Waals surface area contributed by atoms with E-state index in [2.05, 4.69) is 4.74 Å². The van der Waals surface area contributed by atoms with Gasteiger partial charge in [0.25, 0.3) is 0 Å². The first-order valence-electron chi connectivity index (χ1n) is 2.68. The van der Waals surface area contributed by atoms with Gasteiger partial charge in [0.2, 0.25) is 0 Å². The molecule has 0 atom stereocenters. The average Bonchev–Trinajstić information content (AvgIpc) is 1.85. The van der Waals surface area contributed by atoms with E-state index < -0.39 is 12.8 Å². The van der Waals surface area contributed by atoms with Crippen LogP contribution in [0.15, 0.2) is 0 Å². The number of aliphatic hydroxyl groups excluding tert-OH is 2. The molecule has 2 N–H and O–H groups in total. The second-order valence-electron chi connectivity index (χ2n) is 1.47. The zero-order valence-electron chi connectivity index (χ0n) is 7.04. The molecule has 4 nitrogen and oxygen atoms in total. The molecule has 10 heavy (non-hydrogen) atoms. The maximum Gasteiger partial charge on any atom is 1.00 e. The first kappa shape index (κ1) is 13.6. The third kappa shape index (κ3) is 9.03. The summed E-state index contributed by atoms with van der Waals surface area (Å²) in [5.41, 5.74) is 0. The van der Waals surface area contributed by atoms with Crippen LogP contribution in [0.4, 0.5) is 0 Å². The predicted molar refractivity (Wildman–Crippen MR) is 30.6 cm³/mol. The fraction of sp³-hybridized carbons (Fsp3) is 0.800. The molecule has 0 fully saturated rings. The summed E-state index contributed by atoms with van der Waals surface area (Å²) in [5.74, 6) is -0.480. The molecular weight excluding hydrogens is 163 g/mol. The Labute approximate surface area is 103 Å². The Kier molecular flexibility index (Phi) is 13.6. The van der Waals surface area contributed by atoms with E-state index in [4.69, 9.17) is 10.2 Å². The average molecular weight is 174 g/mol. The molecule has 0 spiro atoms. The monoisotopic (exact) mass is 174 g/mol. The van der Waals surface area contributed by atoms with Crippen molar-refractivity contribution >= 4 is 5.97 Å². The molecule has 0 aromatic heterocycles. The topological polar surface area (TPSA) is 66.8 Å². The van der Waals surface area contributed by atoms with Gasteiger partial charge in [0.1, 0.15) is 0 Å². The van der Waals surface area contributed by atoms with Crippen molar-refractivity contribution in [2.45, 2.75) is 12.8 Å². The van der Waals surface area contributed by atoms with E-state index in [1.165, 1.54) is 0 Å². The molecule has 0 heterocycles. The number of carbonyl (C=O) groups excluding carboxylic acids is 1. The van der Waals surface area contributed by atoms with E-state index in [9.17, 15) is 4.79 Å². The molecule has 0 aliphatic carbocycles. The Morgan fingerprint density at radius 2 is 2.10 bits per heavy atom. The molecule has 0 rings (SSSR count). The maximum atomic E-state index is 10.3. The minimum absolute atomic E-state index is 0. The number of carbonyl (C=O) groups is 1. The van der Waals surface area contributed by atoms with Gasteiger partial charge in [-0.2, -0.15) is 0 Å². The fourth-order valence-electron chi connectivity index (χ4n) is 0.368. The third-order valence-corrected chi connectivity index (χ3v) is 0.765. The second-order valence-corrected chi connectivity index (χ2v) is 1.47. The van der Waals surface area contributed by atoms with Gasteiger partial charge in [0.05, 0.1) is 0 Å². The summed E-state index contributed by atoms with van der Waals surface area (Å²) >= 11 is 0. The van der Waals surface area contributed by atoms with Crippen LogP contribution in [0, 0.1) is 0 Å². The van der Waals surface area contributed by atoms with Crippen molar-refractivity contribution < 1.29 is 72.6 Å². The first-order chi connectivity index (χ1) is 4.31. The van der Waals surface area contributed by atoms with Crippen molar-refractivity contribution in [3.63, 3.8) is 0 Å². The number of rotatable bonds is 4. The molecule has 0 saturated heterocycles. The molecule has 0 unspecified atom stereocenters. The number of esters is 1. The number of hydrogen-bond acceptors (Lipinski definition) is 4. The largest absolute Gasteiger partial charge is 1.00 e. The first-order valence-corrected chi connectivity index (χ1v) is 2.68. The molecule has 0 amide bonds. The van der Waals surface area contributed by atoms with Crippen LogP contribution >= 0.6 is 0 Å². The van der Waals surface area contributed by atoms with Crippen LogP contribution in [0.3, 0.4) is 0 Å². The Hall–Kier alpha value is 1.03. The van der Waals surface area contributed by atoms with Crippen LogP contribution < -0.4 is 51.4 Å². The number of aliphatic hydroxyl groups is 2. The third-order valence-electron chi connectivity index (χ3n) is 0.765. The van der Waals surface area contributed by atoms with Gasteiger partial charge < -0.3 is 16.4 Å². The van der Waals surface area contributed by atoms with Crippen LogP contribution in [0.1, 0.15) is 14.3 Å². The van der Waals surface area contributed by atoms with Crippen LogP contribution in [0.5, 0.6) is 0 Å². The molecule has 0 aliphatic rings.